The van der Waals surface area contributed by atoms with Gasteiger partial charge in [0.05, 0.1) is 35.1 Å². The maximum Gasteiger partial charge on any atom is 0.343 e. The van der Waals surface area contributed by atoms with Crippen LogP contribution in [-0.2, 0) is 39.5 Å². The maximum absolute atomic E-state index is 13.8. The van der Waals surface area contributed by atoms with Gasteiger partial charge in [0.15, 0.2) is 11.7 Å². The Morgan fingerprint density at radius 1 is 1.17 bits per heavy atom. The number of cyclic esters (lactones) is 1. The smallest absolute Gasteiger partial charge is 0.343 e. The van der Waals surface area contributed by atoms with E-state index in [1.165, 1.54) is 11.1 Å². The predicted molar refractivity (Wildman–Crippen MR) is 155 cm³/mol. The number of rotatable bonds is 4. The average molecular weight is 566 g/mol. The van der Waals surface area contributed by atoms with Crippen LogP contribution in [0.5, 0.6) is 0 Å². The lowest BCUT2D eigenvalue weighted by atomic mass is 9.80. The second-order valence-corrected chi connectivity index (χ2v) is 11.6. The number of amides is 1. The van der Waals surface area contributed by atoms with Gasteiger partial charge in [0.2, 0.25) is 0 Å². The third-order valence-electron chi connectivity index (χ3n) is 9.38. The summed E-state index contributed by atoms with van der Waals surface area (Å²) in [7, 11) is 0. The van der Waals surface area contributed by atoms with Gasteiger partial charge in [0.25, 0.3) is 11.5 Å². The summed E-state index contributed by atoms with van der Waals surface area (Å²) < 4.78 is 6.84. The van der Waals surface area contributed by atoms with Crippen LogP contribution >= 0.6 is 0 Å². The van der Waals surface area contributed by atoms with Crippen LogP contribution in [0.3, 0.4) is 0 Å². The molecule has 9 heteroatoms. The molecule has 1 aliphatic carbocycles. The third-order valence-corrected chi connectivity index (χ3v) is 9.38. The van der Waals surface area contributed by atoms with Crippen LogP contribution in [0.15, 0.2) is 47.3 Å². The summed E-state index contributed by atoms with van der Waals surface area (Å²) in [6.07, 6.45) is 0.0857. The number of aromatic nitrogens is 2. The highest BCUT2D eigenvalue weighted by Gasteiger charge is 2.46. The SMILES string of the molecule is CC[C@@]1(O)C(=O)OCc2c1cc1n(c2=O)Cc2c-1nc1cc(C)c(C)c3c1c2[C@@H](NC(=O)[C@H](O)c1ccccc1)CC3. The molecule has 0 bridgehead atoms. The normalized spacial score (nSPS) is 20.9. The van der Waals surface area contributed by atoms with Crippen LogP contribution in [0.1, 0.15) is 76.4 Å². The number of aliphatic hydroxyl groups is 2. The van der Waals surface area contributed by atoms with Gasteiger partial charge in [-0.3, -0.25) is 9.59 Å². The molecule has 7 rings (SSSR count). The number of carbonyl (C=O) groups excluding carboxylic acids is 2. The average Bonchev–Trinajstić information content (AvgIpc) is 3.37. The van der Waals surface area contributed by atoms with Gasteiger partial charge in [-0.2, -0.15) is 0 Å². The summed E-state index contributed by atoms with van der Waals surface area (Å²) in [6.45, 7) is 5.84. The molecule has 0 saturated carbocycles. The largest absolute Gasteiger partial charge is 0.458 e. The van der Waals surface area contributed by atoms with Gasteiger partial charge >= 0.3 is 5.97 Å². The number of aryl methyl sites for hydroxylation is 2. The summed E-state index contributed by atoms with van der Waals surface area (Å²) in [5.41, 5.74) is 5.81. The van der Waals surface area contributed by atoms with Gasteiger partial charge in [-0.05, 0) is 73.1 Å². The Bertz CT molecular complexity index is 1900. The Balaban J connectivity index is 1.42. The summed E-state index contributed by atoms with van der Waals surface area (Å²) in [5, 5.41) is 26.2. The number of nitrogens with one attached hydrogen (secondary N) is 1. The minimum Gasteiger partial charge on any atom is -0.458 e. The van der Waals surface area contributed by atoms with Gasteiger partial charge in [0, 0.05) is 16.5 Å². The Morgan fingerprint density at radius 3 is 2.67 bits per heavy atom. The first-order valence-electron chi connectivity index (χ1n) is 14.3. The molecule has 3 aliphatic rings. The highest BCUT2D eigenvalue weighted by Crippen LogP contribution is 2.46. The molecule has 4 aromatic rings. The molecule has 0 fully saturated rings. The number of carbonyl (C=O) groups is 2. The minimum atomic E-state index is -1.92. The molecule has 4 heterocycles. The number of ether oxygens (including phenoxy) is 1. The summed E-state index contributed by atoms with van der Waals surface area (Å²) in [6, 6.07) is 12.1. The monoisotopic (exact) mass is 565 g/mol. The van der Waals surface area contributed by atoms with Crippen molar-refractivity contribution >= 4 is 22.8 Å². The zero-order chi connectivity index (χ0) is 29.5. The van der Waals surface area contributed by atoms with Crippen molar-refractivity contribution in [3.8, 4) is 11.4 Å². The Hall–Kier alpha value is -4.34. The zero-order valence-corrected chi connectivity index (χ0v) is 23.7. The summed E-state index contributed by atoms with van der Waals surface area (Å²) in [4.78, 5) is 44.8. The fourth-order valence-electron chi connectivity index (χ4n) is 6.92. The van der Waals surface area contributed by atoms with E-state index in [1.807, 2.05) is 19.1 Å². The fourth-order valence-corrected chi connectivity index (χ4v) is 6.92. The molecular weight excluding hydrogens is 534 g/mol. The lowest BCUT2D eigenvalue weighted by molar-refractivity contribution is -0.172. The van der Waals surface area contributed by atoms with Crippen molar-refractivity contribution in [2.75, 3.05) is 0 Å². The van der Waals surface area contributed by atoms with Crippen LogP contribution in [0, 0.1) is 13.8 Å². The van der Waals surface area contributed by atoms with E-state index in [1.54, 1.807) is 41.8 Å². The Labute approximate surface area is 241 Å². The van der Waals surface area contributed by atoms with E-state index in [0.29, 0.717) is 23.4 Å². The van der Waals surface area contributed by atoms with Crippen LogP contribution in [0.25, 0.3) is 22.3 Å². The lowest BCUT2D eigenvalue weighted by Crippen LogP contribution is -2.44. The molecule has 42 heavy (non-hydrogen) atoms. The first-order chi connectivity index (χ1) is 20.1. The van der Waals surface area contributed by atoms with Crippen LogP contribution in [0.4, 0.5) is 0 Å². The molecule has 0 radical (unpaired) electrons. The number of hydrogen-bond acceptors (Lipinski definition) is 7. The highest BCUT2D eigenvalue weighted by atomic mass is 16.6. The van der Waals surface area contributed by atoms with Crippen LogP contribution in [-0.4, -0.2) is 31.6 Å². The first-order valence-corrected chi connectivity index (χ1v) is 14.3. The van der Waals surface area contributed by atoms with E-state index < -0.39 is 29.6 Å². The topological polar surface area (TPSA) is 131 Å². The molecule has 0 unspecified atom stereocenters. The van der Waals surface area contributed by atoms with Crippen LogP contribution in [0.2, 0.25) is 0 Å². The lowest BCUT2D eigenvalue weighted by Gasteiger charge is -2.31. The van der Waals surface area contributed by atoms with E-state index in [2.05, 4.69) is 12.2 Å². The van der Waals surface area contributed by atoms with E-state index in [-0.39, 0.29) is 36.3 Å². The van der Waals surface area contributed by atoms with Crippen molar-refractivity contribution in [1.29, 1.82) is 0 Å². The van der Waals surface area contributed by atoms with E-state index in [9.17, 15) is 24.6 Å². The quantitative estimate of drug-likeness (QED) is 0.284. The van der Waals surface area contributed by atoms with Gasteiger partial charge in [-0.1, -0.05) is 37.3 Å². The molecule has 0 spiro atoms. The minimum absolute atomic E-state index is 0.0602. The predicted octanol–water partition coefficient (Wildman–Crippen LogP) is 3.53. The second kappa shape index (κ2) is 9.34. The molecule has 9 nitrogen and oxygen atoms in total. The van der Waals surface area contributed by atoms with Crippen molar-refractivity contribution in [2.24, 2.45) is 0 Å². The van der Waals surface area contributed by atoms with Crippen molar-refractivity contribution in [1.82, 2.24) is 14.9 Å². The van der Waals surface area contributed by atoms with Gasteiger partial charge < -0.3 is 24.8 Å². The first kappa shape index (κ1) is 26.6. The Kier molecular flexibility index (Phi) is 5.90. The van der Waals surface area contributed by atoms with Gasteiger partial charge in [-0.25, -0.2) is 9.78 Å². The molecular formula is C33H31N3O6. The maximum atomic E-state index is 13.8. The number of esters is 1. The zero-order valence-electron chi connectivity index (χ0n) is 23.7. The van der Waals surface area contributed by atoms with Crippen molar-refractivity contribution in [3.05, 3.63) is 97.3 Å². The molecule has 0 saturated heterocycles. The molecule has 2 aliphatic heterocycles. The van der Waals surface area contributed by atoms with Crippen molar-refractivity contribution < 1.29 is 24.5 Å². The molecule has 2 aromatic carbocycles. The van der Waals surface area contributed by atoms with Gasteiger partial charge in [-0.15, -0.1) is 0 Å². The Morgan fingerprint density at radius 2 is 1.93 bits per heavy atom. The fraction of sp³-hybridized carbons (Fsp3) is 0.333. The van der Waals surface area contributed by atoms with Gasteiger partial charge in [0.1, 0.15) is 6.61 Å². The van der Waals surface area contributed by atoms with Crippen molar-refractivity contribution in [3.63, 3.8) is 0 Å². The standard InChI is InChI=1S/C33H31N3O6/c1-4-33(41)22-13-25-28-20(14-36(25)31(39)21(22)15-42-32(33)40)27-23(35-30(38)29(37)18-8-6-5-7-9-18)11-10-19-17(3)16(2)12-24(34-28)26(19)27/h5-9,12-13,23,29,37,41H,4,10-11,14-15H2,1-3H3,(H,35,38)/t23-,29+,33-/m0/s1. The number of nitrogens with zero attached hydrogens (tertiary/aromatic N) is 2. The molecule has 2 aromatic heterocycles. The number of benzene rings is 2. The van der Waals surface area contributed by atoms with E-state index >= 15 is 0 Å². The molecule has 214 valence electrons. The molecule has 1 amide bonds. The van der Waals surface area contributed by atoms with Crippen molar-refractivity contribution in [2.45, 2.75) is 70.9 Å². The summed E-state index contributed by atoms with van der Waals surface area (Å²) >= 11 is 0. The second-order valence-electron chi connectivity index (χ2n) is 11.6. The number of aliphatic hydroxyl groups excluding tert-OH is 1. The number of pyridine rings is 2. The third kappa shape index (κ3) is 3.63. The molecule has 3 N–H and O–H groups in total. The summed E-state index contributed by atoms with van der Waals surface area (Å²) in [5.74, 6) is -1.26. The van der Waals surface area contributed by atoms with E-state index in [0.717, 1.165) is 34.0 Å². The number of fused-ring (bicyclic) bond motifs is 5. The van der Waals surface area contributed by atoms with Crippen LogP contribution < -0.4 is 10.9 Å². The van der Waals surface area contributed by atoms with E-state index in [4.69, 9.17) is 9.72 Å². The number of hydrogen-bond donors (Lipinski definition) is 3. The highest BCUT2D eigenvalue weighted by molar-refractivity contribution is 5.94. The molecule has 3 atom stereocenters.